The Kier molecular flexibility index (Phi) is 4.43. The third kappa shape index (κ3) is 2.87. The van der Waals surface area contributed by atoms with Crippen LogP contribution >= 0.6 is 11.6 Å². The molecule has 0 saturated carbocycles. The Balaban J connectivity index is 1.77. The molecule has 6 rings (SSSR count). The van der Waals surface area contributed by atoms with Gasteiger partial charge in [-0.15, -0.1) is 0 Å². The highest BCUT2D eigenvalue weighted by atomic mass is 35.5. The molecule has 0 saturated heterocycles. The molecule has 3 aromatic carbocycles. The Hall–Kier alpha value is -3.49. The molecule has 0 unspecified atom stereocenters. The second-order valence-corrected chi connectivity index (χ2v) is 9.71. The molecule has 1 aliphatic carbocycles. The highest BCUT2D eigenvalue weighted by molar-refractivity contribution is 6.31. The lowest BCUT2D eigenvalue weighted by Gasteiger charge is -2.24. The van der Waals surface area contributed by atoms with E-state index in [9.17, 15) is 0 Å². The van der Waals surface area contributed by atoms with E-state index in [0.717, 1.165) is 34.8 Å². The molecule has 1 aliphatic heterocycles. The van der Waals surface area contributed by atoms with Gasteiger partial charge in [-0.2, -0.15) is 0 Å². The van der Waals surface area contributed by atoms with Crippen LogP contribution in [0.15, 0.2) is 85.5 Å². The van der Waals surface area contributed by atoms with Crippen LogP contribution in [0.3, 0.4) is 0 Å². The van der Waals surface area contributed by atoms with Crippen LogP contribution in [0, 0.1) is 0 Å². The number of hydrogen-bond donors (Lipinski definition) is 1. The van der Waals surface area contributed by atoms with E-state index >= 15 is 0 Å². The number of anilines is 1. The molecule has 0 atom stereocenters. The molecule has 33 heavy (non-hydrogen) atoms. The molecule has 4 aromatic rings. The maximum absolute atomic E-state index is 6.46. The van der Waals surface area contributed by atoms with Gasteiger partial charge >= 0.3 is 0 Å². The van der Waals surface area contributed by atoms with E-state index in [-0.39, 0.29) is 5.41 Å². The van der Waals surface area contributed by atoms with Gasteiger partial charge in [0, 0.05) is 45.0 Å². The van der Waals surface area contributed by atoms with Crippen molar-refractivity contribution >= 4 is 28.9 Å². The number of benzene rings is 3. The number of aromatic nitrogens is 1. The predicted molar refractivity (Wildman–Crippen MR) is 140 cm³/mol. The summed E-state index contributed by atoms with van der Waals surface area (Å²) in [7, 11) is 0. The molecule has 1 aromatic heterocycles. The van der Waals surface area contributed by atoms with Crippen molar-refractivity contribution in [3.8, 4) is 16.9 Å². The zero-order valence-electron chi connectivity index (χ0n) is 18.8. The van der Waals surface area contributed by atoms with Crippen molar-refractivity contribution in [3.05, 3.63) is 118 Å². The SMILES string of the molecule is C=C1c2cc(Cl)ccc2NC/C=C\c2c1c1c(n2-c2ccccc2)-c2ccccc2C1(C)C. The first-order chi connectivity index (χ1) is 16.0. The number of hydrogen-bond acceptors (Lipinski definition) is 1. The minimum absolute atomic E-state index is 0.160. The fourth-order valence-corrected chi connectivity index (χ4v) is 5.70. The van der Waals surface area contributed by atoms with Crippen molar-refractivity contribution in [2.45, 2.75) is 19.3 Å². The van der Waals surface area contributed by atoms with Gasteiger partial charge in [0.2, 0.25) is 0 Å². The van der Waals surface area contributed by atoms with E-state index in [2.05, 4.69) is 103 Å². The summed E-state index contributed by atoms with van der Waals surface area (Å²) >= 11 is 6.46. The fraction of sp³-hybridized carbons (Fsp3) is 0.133. The molecule has 2 heterocycles. The lowest BCUT2D eigenvalue weighted by atomic mass is 9.78. The third-order valence-corrected chi connectivity index (χ3v) is 7.23. The van der Waals surface area contributed by atoms with E-state index in [0.29, 0.717) is 5.02 Å². The maximum atomic E-state index is 6.46. The van der Waals surface area contributed by atoms with E-state index < -0.39 is 0 Å². The van der Waals surface area contributed by atoms with Gasteiger partial charge in [-0.1, -0.05) is 80.6 Å². The number of para-hydroxylation sites is 1. The van der Waals surface area contributed by atoms with E-state index in [1.165, 1.54) is 27.9 Å². The van der Waals surface area contributed by atoms with Gasteiger partial charge in [0.05, 0.1) is 11.4 Å². The van der Waals surface area contributed by atoms with Crippen LogP contribution in [0.25, 0.3) is 28.6 Å². The van der Waals surface area contributed by atoms with Crippen LogP contribution in [-0.4, -0.2) is 11.1 Å². The van der Waals surface area contributed by atoms with Gasteiger partial charge in [0.25, 0.3) is 0 Å². The summed E-state index contributed by atoms with van der Waals surface area (Å²) in [5.74, 6) is 0. The minimum Gasteiger partial charge on any atom is -0.381 e. The normalized spacial score (nSPS) is 16.4. The molecule has 2 aliphatic rings. The number of halogens is 1. The highest BCUT2D eigenvalue weighted by Gasteiger charge is 2.42. The largest absolute Gasteiger partial charge is 0.381 e. The minimum atomic E-state index is -0.160. The number of nitrogens with zero attached hydrogens (tertiary/aromatic N) is 1. The summed E-state index contributed by atoms with van der Waals surface area (Å²) < 4.78 is 2.41. The lowest BCUT2D eigenvalue weighted by Crippen LogP contribution is -2.16. The Morgan fingerprint density at radius 2 is 1.70 bits per heavy atom. The summed E-state index contributed by atoms with van der Waals surface area (Å²) in [6.45, 7) is 10.0. The highest BCUT2D eigenvalue weighted by Crippen LogP contribution is 2.55. The van der Waals surface area contributed by atoms with Crippen LogP contribution in [0.4, 0.5) is 5.69 Å². The van der Waals surface area contributed by atoms with Crippen LogP contribution in [0.2, 0.25) is 5.02 Å². The molecular weight excluding hydrogens is 424 g/mol. The first-order valence-corrected chi connectivity index (χ1v) is 11.7. The van der Waals surface area contributed by atoms with Crippen molar-refractivity contribution in [3.63, 3.8) is 0 Å². The first-order valence-electron chi connectivity index (χ1n) is 11.3. The number of rotatable bonds is 1. The molecule has 0 radical (unpaired) electrons. The molecule has 2 nitrogen and oxygen atoms in total. The zero-order valence-corrected chi connectivity index (χ0v) is 19.6. The predicted octanol–water partition coefficient (Wildman–Crippen LogP) is 7.94. The van der Waals surface area contributed by atoms with Gasteiger partial charge < -0.3 is 9.88 Å². The van der Waals surface area contributed by atoms with Crippen LogP contribution in [-0.2, 0) is 5.41 Å². The van der Waals surface area contributed by atoms with E-state index in [4.69, 9.17) is 11.6 Å². The first kappa shape index (κ1) is 20.1. The molecule has 0 amide bonds. The van der Waals surface area contributed by atoms with Crippen LogP contribution in [0.5, 0.6) is 0 Å². The molecule has 1 N–H and O–H groups in total. The Morgan fingerprint density at radius 1 is 0.939 bits per heavy atom. The average Bonchev–Trinajstić information content (AvgIpc) is 3.29. The topological polar surface area (TPSA) is 17.0 Å². The smallest absolute Gasteiger partial charge is 0.0585 e. The van der Waals surface area contributed by atoms with Crippen molar-refractivity contribution in [1.82, 2.24) is 4.57 Å². The average molecular weight is 449 g/mol. The van der Waals surface area contributed by atoms with Crippen molar-refractivity contribution in [2.24, 2.45) is 0 Å². The molecule has 0 bridgehead atoms. The summed E-state index contributed by atoms with van der Waals surface area (Å²) in [6.07, 6.45) is 4.44. The van der Waals surface area contributed by atoms with Crippen LogP contribution in [0.1, 0.15) is 41.8 Å². The monoisotopic (exact) mass is 448 g/mol. The molecule has 3 heteroatoms. The zero-order chi connectivity index (χ0) is 22.7. The van der Waals surface area contributed by atoms with E-state index in [1.54, 1.807) is 0 Å². The quantitative estimate of drug-likeness (QED) is 0.312. The second-order valence-electron chi connectivity index (χ2n) is 9.28. The molecular formula is C30H25ClN2. The summed E-state index contributed by atoms with van der Waals surface area (Å²) in [5, 5.41) is 4.25. The third-order valence-electron chi connectivity index (χ3n) is 7.00. The summed E-state index contributed by atoms with van der Waals surface area (Å²) in [4.78, 5) is 0. The van der Waals surface area contributed by atoms with E-state index in [1.807, 2.05) is 12.1 Å². The van der Waals surface area contributed by atoms with Gasteiger partial charge in [0.1, 0.15) is 0 Å². The van der Waals surface area contributed by atoms with Gasteiger partial charge in [-0.05, 0) is 53.1 Å². The summed E-state index contributed by atoms with van der Waals surface area (Å²) in [6, 6.07) is 25.4. The fourth-order valence-electron chi connectivity index (χ4n) is 5.53. The second kappa shape index (κ2) is 7.26. The maximum Gasteiger partial charge on any atom is 0.0585 e. The lowest BCUT2D eigenvalue weighted by molar-refractivity contribution is 0.659. The molecule has 162 valence electrons. The number of nitrogens with one attached hydrogen (secondary N) is 1. The van der Waals surface area contributed by atoms with Crippen molar-refractivity contribution in [2.75, 3.05) is 11.9 Å². The Bertz CT molecular complexity index is 1450. The van der Waals surface area contributed by atoms with Gasteiger partial charge in [-0.3, -0.25) is 0 Å². The summed E-state index contributed by atoms with van der Waals surface area (Å²) in [5.41, 5.74) is 11.7. The standard InChI is InChI=1S/C30H25ClN2/c1-19-23-18-20(31)15-16-25(23)32-17-9-14-26-27(19)28-29(33(26)21-10-5-4-6-11-21)22-12-7-8-13-24(22)30(28,2)3/h4-16,18,32H,1,17H2,2-3H3/b14-9-. The van der Waals surface area contributed by atoms with Gasteiger partial charge in [0.15, 0.2) is 0 Å². The van der Waals surface area contributed by atoms with Gasteiger partial charge in [-0.25, -0.2) is 0 Å². The Morgan fingerprint density at radius 3 is 2.52 bits per heavy atom. The van der Waals surface area contributed by atoms with Crippen molar-refractivity contribution < 1.29 is 0 Å². The number of fused-ring (bicyclic) bond motifs is 6. The molecule has 0 spiro atoms. The van der Waals surface area contributed by atoms with Crippen LogP contribution < -0.4 is 5.32 Å². The molecule has 0 fully saturated rings. The van der Waals surface area contributed by atoms with Crippen molar-refractivity contribution in [1.29, 1.82) is 0 Å². The Labute approximate surface area is 199 Å².